The number of nitrogens with zero attached hydrogens (tertiary/aromatic N) is 4. The average Bonchev–Trinajstić information content (AvgIpc) is 3.25. The molecule has 3 aromatic heterocycles. The molecule has 0 fully saturated rings. The molecule has 0 aliphatic carbocycles. The van der Waals surface area contributed by atoms with Crippen LogP contribution in [0.5, 0.6) is 5.75 Å². The van der Waals surface area contributed by atoms with Crippen molar-refractivity contribution in [1.29, 1.82) is 0 Å². The van der Waals surface area contributed by atoms with Crippen LogP contribution >= 0.6 is 0 Å². The lowest BCUT2D eigenvalue weighted by atomic mass is 10.2. The highest BCUT2D eigenvalue weighted by Gasteiger charge is 2.20. The van der Waals surface area contributed by atoms with Crippen molar-refractivity contribution >= 4 is 43.3 Å². The number of hydrogen-bond donors (Lipinski definition) is 1. The first-order valence-electron chi connectivity index (χ1n) is 11.7. The van der Waals surface area contributed by atoms with Gasteiger partial charge in [-0.1, -0.05) is 54.6 Å². The Balaban J connectivity index is 1.47. The molecule has 6 rings (SSSR count). The summed E-state index contributed by atoms with van der Waals surface area (Å²) in [6.45, 7) is 2.14. The molecule has 1 N–H and O–H groups in total. The van der Waals surface area contributed by atoms with Crippen molar-refractivity contribution in [2.45, 2.75) is 13.5 Å². The average molecular weight is 510 g/mol. The van der Waals surface area contributed by atoms with Gasteiger partial charge in [-0.2, -0.15) is 0 Å². The van der Waals surface area contributed by atoms with Crippen LogP contribution in [0.3, 0.4) is 0 Å². The number of aryl methyl sites for hydroxylation is 1. The third kappa shape index (κ3) is 4.45. The van der Waals surface area contributed by atoms with E-state index in [1.807, 2.05) is 96.3 Å². The van der Waals surface area contributed by atoms with Crippen LogP contribution in [0.4, 0.5) is 5.82 Å². The summed E-state index contributed by atoms with van der Waals surface area (Å²) in [5, 5.41) is 1.08. The molecule has 0 bridgehead atoms. The van der Waals surface area contributed by atoms with Gasteiger partial charge in [0, 0.05) is 17.0 Å². The molecule has 0 radical (unpaired) electrons. The van der Waals surface area contributed by atoms with E-state index in [4.69, 9.17) is 9.72 Å². The summed E-state index contributed by atoms with van der Waals surface area (Å²) >= 11 is 0. The van der Waals surface area contributed by atoms with E-state index in [9.17, 15) is 8.42 Å². The molecule has 0 atom stereocenters. The smallest absolute Gasteiger partial charge is 0.231 e. The Morgan fingerprint density at radius 3 is 2.46 bits per heavy atom. The van der Waals surface area contributed by atoms with Gasteiger partial charge in [-0.3, -0.25) is 9.12 Å². The van der Waals surface area contributed by atoms with Crippen molar-refractivity contribution in [2.24, 2.45) is 0 Å². The van der Waals surface area contributed by atoms with E-state index in [0.717, 1.165) is 33.9 Å². The number of aromatic nitrogens is 4. The number of ether oxygens (including phenoxy) is 1. The van der Waals surface area contributed by atoms with Gasteiger partial charge in [0.15, 0.2) is 5.82 Å². The minimum absolute atomic E-state index is 0.233. The third-order valence-corrected chi connectivity index (χ3v) is 6.62. The molecular formula is C28H23N5O3S. The van der Waals surface area contributed by atoms with E-state index < -0.39 is 10.0 Å². The van der Waals surface area contributed by atoms with Gasteiger partial charge in [0.05, 0.1) is 34.2 Å². The molecule has 3 aromatic carbocycles. The van der Waals surface area contributed by atoms with Crippen LogP contribution in [0.2, 0.25) is 0 Å². The summed E-state index contributed by atoms with van der Waals surface area (Å²) in [5.41, 5.74) is 5.23. The SMILES string of the molecule is Cc1nc(-c2ccccc2)n2c1c(NS(C)(=O)=O)nc1ccc(OCc3ccc4ccccc4n3)cc12. The van der Waals surface area contributed by atoms with Gasteiger partial charge in [-0.25, -0.2) is 23.4 Å². The van der Waals surface area contributed by atoms with Crippen molar-refractivity contribution in [2.75, 3.05) is 11.0 Å². The van der Waals surface area contributed by atoms with Gasteiger partial charge in [0.25, 0.3) is 0 Å². The first-order valence-corrected chi connectivity index (χ1v) is 13.6. The molecule has 8 nitrogen and oxygen atoms in total. The van der Waals surface area contributed by atoms with Crippen molar-refractivity contribution in [1.82, 2.24) is 19.4 Å². The van der Waals surface area contributed by atoms with E-state index in [2.05, 4.69) is 14.7 Å². The van der Waals surface area contributed by atoms with E-state index in [-0.39, 0.29) is 5.82 Å². The van der Waals surface area contributed by atoms with Crippen molar-refractivity contribution in [3.63, 3.8) is 0 Å². The number of anilines is 1. The van der Waals surface area contributed by atoms with Gasteiger partial charge in [0.2, 0.25) is 10.0 Å². The van der Waals surface area contributed by atoms with Gasteiger partial charge in [0.1, 0.15) is 23.7 Å². The summed E-state index contributed by atoms with van der Waals surface area (Å²) in [5.74, 6) is 1.56. The van der Waals surface area contributed by atoms with E-state index >= 15 is 0 Å². The molecule has 9 heteroatoms. The number of benzene rings is 3. The summed E-state index contributed by atoms with van der Waals surface area (Å²) in [4.78, 5) is 14.1. The Kier molecular flexibility index (Phi) is 5.49. The Labute approximate surface area is 213 Å². The fourth-order valence-corrected chi connectivity index (χ4v) is 4.95. The lowest BCUT2D eigenvalue weighted by Crippen LogP contribution is -2.12. The molecule has 0 saturated carbocycles. The van der Waals surface area contributed by atoms with Gasteiger partial charge in [-0.15, -0.1) is 0 Å². The maximum absolute atomic E-state index is 12.1. The number of imidazole rings is 1. The molecular weight excluding hydrogens is 486 g/mol. The quantitative estimate of drug-likeness (QED) is 0.325. The fourth-order valence-electron chi connectivity index (χ4n) is 4.45. The monoisotopic (exact) mass is 509 g/mol. The van der Waals surface area contributed by atoms with E-state index in [1.54, 1.807) is 0 Å². The van der Waals surface area contributed by atoms with Gasteiger partial charge < -0.3 is 4.74 Å². The zero-order chi connectivity index (χ0) is 25.6. The number of nitrogens with one attached hydrogen (secondary N) is 1. The summed E-state index contributed by atoms with van der Waals surface area (Å²) in [7, 11) is -3.56. The number of pyridine rings is 1. The minimum atomic E-state index is -3.56. The highest BCUT2D eigenvalue weighted by Crippen LogP contribution is 2.32. The molecule has 184 valence electrons. The number of rotatable bonds is 6. The molecule has 3 heterocycles. The molecule has 37 heavy (non-hydrogen) atoms. The van der Waals surface area contributed by atoms with Crippen LogP contribution < -0.4 is 9.46 Å². The first-order chi connectivity index (χ1) is 17.9. The van der Waals surface area contributed by atoms with Crippen LogP contribution in [-0.4, -0.2) is 34.0 Å². The van der Waals surface area contributed by atoms with E-state index in [1.165, 1.54) is 0 Å². The predicted molar refractivity (Wildman–Crippen MR) is 145 cm³/mol. The second kappa shape index (κ2) is 8.86. The number of sulfonamides is 1. The molecule has 0 amide bonds. The Morgan fingerprint density at radius 1 is 0.865 bits per heavy atom. The summed E-state index contributed by atoms with van der Waals surface area (Å²) in [6, 6.07) is 27.2. The lowest BCUT2D eigenvalue weighted by molar-refractivity contribution is 0.302. The van der Waals surface area contributed by atoms with E-state index in [0.29, 0.717) is 34.9 Å². The largest absolute Gasteiger partial charge is 0.487 e. The zero-order valence-electron chi connectivity index (χ0n) is 20.2. The predicted octanol–water partition coefficient (Wildman–Crippen LogP) is 5.36. The Morgan fingerprint density at radius 2 is 1.65 bits per heavy atom. The normalized spacial score (nSPS) is 11.8. The number of hydrogen-bond acceptors (Lipinski definition) is 6. The number of para-hydroxylation sites is 1. The van der Waals surface area contributed by atoms with Crippen LogP contribution in [0.15, 0.2) is 84.9 Å². The lowest BCUT2D eigenvalue weighted by Gasteiger charge is -2.13. The van der Waals surface area contributed by atoms with Crippen LogP contribution in [-0.2, 0) is 16.6 Å². The maximum atomic E-state index is 12.1. The molecule has 0 spiro atoms. The highest BCUT2D eigenvalue weighted by atomic mass is 32.2. The topological polar surface area (TPSA) is 98.5 Å². The molecule has 0 aliphatic heterocycles. The van der Waals surface area contributed by atoms with Gasteiger partial charge in [-0.05, 0) is 31.2 Å². The van der Waals surface area contributed by atoms with Crippen LogP contribution in [0, 0.1) is 6.92 Å². The van der Waals surface area contributed by atoms with Crippen molar-refractivity contribution in [3.8, 4) is 17.1 Å². The highest BCUT2D eigenvalue weighted by molar-refractivity contribution is 7.92. The maximum Gasteiger partial charge on any atom is 0.231 e. The second-order valence-corrected chi connectivity index (χ2v) is 10.6. The summed E-state index contributed by atoms with van der Waals surface area (Å²) in [6.07, 6.45) is 1.11. The van der Waals surface area contributed by atoms with Crippen LogP contribution in [0.1, 0.15) is 11.4 Å². The molecule has 0 saturated heterocycles. The molecule has 0 unspecified atom stereocenters. The van der Waals surface area contributed by atoms with Crippen molar-refractivity contribution in [3.05, 3.63) is 96.3 Å². The fraction of sp³-hybridized carbons (Fsp3) is 0.107. The Hall–Kier alpha value is -4.50. The summed E-state index contributed by atoms with van der Waals surface area (Å²) < 4.78 is 34.9. The van der Waals surface area contributed by atoms with Crippen molar-refractivity contribution < 1.29 is 13.2 Å². The first kappa shape index (κ1) is 22.9. The van der Waals surface area contributed by atoms with Crippen LogP contribution in [0.25, 0.3) is 38.8 Å². The Bertz CT molecular complexity index is 1900. The minimum Gasteiger partial charge on any atom is -0.487 e. The number of fused-ring (bicyclic) bond motifs is 4. The zero-order valence-corrected chi connectivity index (χ0v) is 21.0. The molecule has 6 aromatic rings. The standard InChI is InChI=1S/C28H23N5O3S/c1-18-26-27(32-37(2,34)35)31-24-15-14-22(36-17-21-13-12-19-8-6-7-11-23(19)30-21)16-25(24)33(26)28(29-18)20-9-4-3-5-10-20/h3-16H,17H2,1-2H3,(H,31,32). The molecule has 0 aliphatic rings. The van der Waals surface area contributed by atoms with Gasteiger partial charge >= 0.3 is 0 Å². The third-order valence-electron chi connectivity index (χ3n) is 6.05. The second-order valence-electron chi connectivity index (χ2n) is 8.84.